The Labute approximate surface area is 141 Å². The third kappa shape index (κ3) is 5.41. The number of carbonyl (C=O) groups is 2. The zero-order chi connectivity index (χ0) is 17.0. The average Bonchev–Trinajstić information content (AvgIpc) is 2.91. The van der Waals surface area contributed by atoms with Gasteiger partial charge in [0.2, 0.25) is 0 Å². The molecule has 0 bridgehead atoms. The highest BCUT2D eigenvalue weighted by Crippen LogP contribution is 2.21. The van der Waals surface area contributed by atoms with Crippen LogP contribution in [0.15, 0.2) is 18.2 Å². The van der Waals surface area contributed by atoms with E-state index in [-0.39, 0.29) is 23.5 Å². The van der Waals surface area contributed by atoms with Crippen LogP contribution in [-0.2, 0) is 0 Å². The van der Waals surface area contributed by atoms with E-state index in [9.17, 15) is 9.59 Å². The van der Waals surface area contributed by atoms with Crippen molar-refractivity contribution in [2.24, 2.45) is 0 Å². The Morgan fingerprint density at radius 1 is 1.30 bits per heavy atom. The molecule has 1 atom stereocenters. The van der Waals surface area contributed by atoms with Crippen LogP contribution in [-0.4, -0.2) is 36.6 Å². The van der Waals surface area contributed by atoms with Crippen LogP contribution in [0.25, 0.3) is 0 Å². The van der Waals surface area contributed by atoms with Crippen molar-refractivity contribution in [3.8, 4) is 0 Å². The predicted molar refractivity (Wildman–Crippen MR) is 92.1 cm³/mol. The lowest BCUT2D eigenvalue weighted by Gasteiger charge is -2.21. The Hall–Kier alpha value is -1.79. The largest absolute Gasteiger partial charge is 0.348 e. The molecule has 1 aromatic rings. The number of halogens is 1. The predicted octanol–water partition coefficient (Wildman–Crippen LogP) is 2.35. The average molecular weight is 339 g/mol. The lowest BCUT2D eigenvalue weighted by atomic mass is 10.1. The molecule has 1 aliphatic heterocycles. The van der Waals surface area contributed by atoms with Gasteiger partial charge in [-0.05, 0) is 51.9 Å². The summed E-state index contributed by atoms with van der Waals surface area (Å²) >= 11 is 6.11. The van der Waals surface area contributed by atoms with Gasteiger partial charge in [0.25, 0.3) is 5.91 Å². The number of hydrogen-bond acceptors (Lipinski definition) is 3. The normalized spacial score (nSPS) is 17.7. The summed E-state index contributed by atoms with van der Waals surface area (Å²) in [5, 5.41) is 12.0. The van der Waals surface area contributed by atoms with Crippen LogP contribution in [0.4, 0.5) is 10.5 Å². The molecule has 2 rings (SSSR count). The monoisotopic (exact) mass is 338 g/mol. The maximum Gasteiger partial charge on any atom is 0.319 e. The van der Waals surface area contributed by atoms with E-state index in [4.69, 9.17) is 11.6 Å². The highest BCUT2D eigenvalue weighted by atomic mass is 35.5. The number of anilines is 1. The van der Waals surface area contributed by atoms with Gasteiger partial charge >= 0.3 is 6.03 Å². The Morgan fingerprint density at radius 3 is 2.65 bits per heavy atom. The summed E-state index contributed by atoms with van der Waals surface area (Å²) in [6.07, 6.45) is 0.898. The van der Waals surface area contributed by atoms with Crippen LogP contribution in [0.5, 0.6) is 0 Å². The van der Waals surface area contributed by atoms with Gasteiger partial charge in [0.05, 0.1) is 10.6 Å². The summed E-state index contributed by atoms with van der Waals surface area (Å²) < 4.78 is 0. The molecule has 0 radical (unpaired) electrons. The molecular formula is C16H23ClN4O2. The quantitative estimate of drug-likeness (QED) is 0.683. The van der Waals surface area contributed by atoms with E-state index < -0.39 is 0 Å². The van der Waals surface area contributed by atoms with Gasteiger partial charge in [0, 0.05) is 23.8 Å². The van der Waals surface area contributed by atoms with Crippen molar-refractivity contribution in [2.45, 2.75) is 38.8 Å². The van der Waals surface area contributed by atoms with Crippen LogP contribution in [0.1, 0.15) is 37.6 Å². The molecule has 0 aliphatic carbocycles. The highest BCUT2D eigenvalue weighted by Gasteiger charge is 2.20. The molecule has 6 nitrogen and oxygen atoms in total. The van der Waals surface area contributed by atoms with Crippen LogP contribution < -0.4 is 21.3 Å². The fourth-order valence-electron chi connectivity index (χ4n) is 2.32. The number of rotatable bonds is 3. The SMILES string of the molecule is CC(C)(C)NC(=O)Nc1ccc(Cl)c(C(=O)NC2CCNC2)c1. The molecule has 0 aromatic heterocycles. The van der Waals surface area contributed by atoms with Crippen molar-refractivity contribution in [1.82, 2.24) is 16.0 Å². The van der Waals surface area contributed by atoms with Crippen LogP contribution in [0.3, 0.4) is 0 Å². The molecule has 0 spiro atoms. The van der Waals surface area contributed by atoms with E-state index in [1.165, 1.54) is 0 Å². The summed E-state index contributed by atoms with van der Waals surface area (Å²) in [5.41, 5.74) is 0.532. The highest BCUT2D eigenvalue weighted by molar-refractivity contribution is 6.34. The molecule has 3 amide bonds. The molecule has 126 valence electrons. The minimum atomic E-state index is -0.341. The van der Waals surface area contributed by atoms with Crippen LogP contribution in [0, 0.1) is 0 Å². The van der Waals surface area contributed by atoms with E-state index in [0.717, 1.165) is 19.5 Å². The first kappa shape index (κ1) is 17.6. The molecule has 23 heavy (non-hydrogen) atoms. The number of benzene rings is 1. The molecule has 1 heterocycles. The molecule has 1 fully saturated rings. The van der Waals surface area contributed by atoms with Gasteiger partial charge in [-0.25, -0.2) is 4.79 Å². The molecule has 1 unspecified atom stereocenters. The number of hydrogen-bond donors (Lipinski definition) is 4. The first-order chi connectivity index (χ1) is 10.7. The zero-order valence-electron chi connectivity index (χ0n) is 13.6. The van der Waals surface area contributed by atoms with E-state index in [1.807, 2.05) is 20.8 Å². The number of carbonyl (C=O) groups excluding carboxylic acids is 2. The first-order valence-electron chi connectivity index (χ1n) is 7.65. The molecule has 1 saturated heterocycles. The van der Waals surface area contributed by atoms with Gasteiger partial charge in [-0.2, -0.15) is 0 Å². The zero-order valence-corrected chi connectivity index (χ0v) is 14.4. The van der Waals surface area contributed by atoms with Gasteiger partial charge in [0.15, 0.2) is 0 Å². The minimum Gasteiger partial charge on any atom is -0.348 e. The summed E-state index contributed by atoms with van der Waals surface area (Å²) in [6.45, 7) is 7.33. The first-order valence-corrected chi connectivity index (χ1v) is 8.03. The molecule has 0 saturated carbocycles. The van der Waals surface area contributed by atoms with E-state index in [2.05, 4.69) is 21.3 Å². The van der Waals surface area contributed by atoms with Crippen LogP contribution >= 0.6 is 11.6 Å². The summed E-state index contributed by atoms with van der Waals surface area (Å²) in [4.78, 5) is 24.2. The number of amides is 3. The van der Waals surface area contributed by atoms with Crippen molar-refractivity contribution < 1.29 is 9.59 Å². The molecule has 1 aromatic carbocycles. The molecule has 4 N–H and O–H groups in total. The summed E-state index contributed by atoms with van der Waals surface area (Å²) in [7, 11) is 0. The second kappa shape index (κ2) is 7.19. The van der Waals surface area contributed by atoms with Gasteiger partial charge in [-0.3, -0.25) is 4.79 Å². The van der Waals surface area contributed by atoms with Gasteiger partial charge in [0.1, 0.15) is 0 Å². The van der Waals surface area contributed by atoms with Crippen molar-refractivity contribution >= 4 is 29.2 Å². The Kier molecular flexibility index (Phi) is 5.49. The third-order valence-corrected chi connectivity index (χ3v) is 3.68. The minimum absolute atomic E-state index is 0.111. The van der Waals surface area contributed by atoms with Crippen molar-refractivity contribution in [3.63, 3.8) is 0 Å². The van der Waals surface area contributed by atoms with Crippen molar-refractivity contribution in [1.29, 1.82) is 0 Å². The van der Waals surface area contributed by atoms with Gasteiger partial charge in [-0.15, -0.1) is 0 Å². The van der Waals surface area contributed by atoms with E-state index in [1.54, 1.807) is 18.2 Å². The standard InChI is InChI=1S/C16H23ClN4O2/c1-16(2,3)21-15(23)20-10-4-5-13(17)12(8-10)14(22)19-11-6-7-18-9-11/h4-5,8,11,18H,6-7,9H2,1-3H3,(H,19,22)(H2,20,21,23). The Balaban J connectivity index is 2.05. The summed E-state index contributed by atoms with van der Waals surface area (Å²) in [6, 6.07) is 4.64. The molecule has 7 heteroatoms. The molecule has 1 aliphatic rings. The lowest BCUT2D eigenvalue weighted by Crippen LogP contribution is -2.43. The maximum absolute atomic E-state index is 12.3. The Bertz CT molecular complexity index is 592. The van der Waals surface area contributed by atoms with Crippen LogP contribution in [0.2, 0.25) is 5.02 Å². The number of nitrogens with one attached hydrogen (secondary N) is 4. The fourth-order valence-corrected chi connectivity index (χ4v) is 2.52. The Morgan fingerprint density at radius 2 is 2.04 bits per heavy atom. The topological polar surface area (TPSA) is 82.3 Å². The summed E-state index contributed by atoms with van der Waals surface area (Å²) in [5.74, 6) is -0.233. The number of urea groups is 1. The maximum atomic E-state index is 12.3. The van der Waals surface area contributed by atoms with E-state index >= 15 is 0 Å². The van der Waals surface area contributed by atoms with E-state index in [0.29, 0.717) is 16.3 Å². The van der Waals surface area contributed by atoms with Crippen molar-refractivity contribution in [3.05, 3.63) is 28.8 Å². The van der Waals surface area contributed by atoms with Gasteiger partial charge < -0.3 is 21.3 Å². The third-order valence-electron chi connectivity index (χ3n) is 3.35. The molecular weight excluding hydrogens is 316 g/mol. The second-order valence-corrected chi connectivity index (χ2v) is 7.09. The second-order valence-electron chi connectivity index (χ2n) is 6.69. The van der Waals surface area contributed by atoms with Crippen molar-refractivity contribution in [2.75, 3.05) is 18.4 Å². The van der Waals surface area contributed by atoms with Gasteiger partial charge in [-0.1, -0.05) is 11.6 Å². The fraction of sp³-hybridized carbons (Fsp3) is 0.500. The smallest absolute Gasteiger partial charge is 0.319 e. The lowest BCUT2D eigenvalue weighted by molar-refractivity contribution is 0.0940.